The molecule has 0 aliphatic rings. The maximum Gasteiger partial charge on any atom is 0.146 e. The first kappa shape index (κ1) is 8.88. The number of phenolic OH excluding ortho intramolecular Hbond substituents is 1. The van der Waals surface area contributed by atoms with Gasteiger partial charge in [-0.05, 0) is 30.9 Å². The smallest absolute Gasteiger partial charge is 0.146 e. The second-order valence-electron chi connectivity index (χ2n) is 3.68. The van der Waals surface area contributed by atoms with E-state index in [2.05, 4.69) is 0 Å². The number of nitrogen functional groups attached to an aromatic ring is 1. The second kappa shape index (κ2) is 2.91. The SMILES string of the molecule is Cc1ccc2c(O)c(N)c(C)cc2c1. The van der Waals surface area contributed by atoms with Crippen molar-refractivity contribution in [3.63, 3.8) is 0 Å². The topological polar surface area (TPSA) is 46.2 Å². The first-order valence-corrected chi connectivity index (χ1v) is 4.58. The van der Waals surface area contributed by atoms with E-state index in [1.165, 1.54) is 5.56 Å². The summed E-state index contributed by atoms with van der Waals surface area (Å²) in [4.78, 5) is 0. The number of hydrogen-bond acceptors (Lipinski definition) is 2. The van der Waals surface area contributed by atoms with Crippen LogP contribution < -0.4 is 5.73 Å². The molecule has 0 bridgehead atoms. The van der Waals surface area contributed by atoms with Crippen LogP contribution in [0.25, 0.3) is 10.8 Å². The van der Waals surface area contributed by atoms with Gasteiger partial charge in [-0.15, -0.1) is 0 Å². The molecule has 0 atom stereocenters. The van der Waals surface area contributed by atoms with E-state index >= 15 is 0 Å². The predicted octanol–water partition coefficient (Wildman–Crippen LogP) is 2.74. The lowest BCUT2D eigenvalue weighted by molar-refractivity contribution is 0.484. The monoisotopic (exact) mass is 187 g/mol. The van der Waals surface area contributed by atoms with E-state index in [0.29, 0.717) is 5.69 Å². The maximum absolute atomic E-state index is 9.80. The summed E-state index contributed by atoms with van der Waals surface area (Å²) in [6.45, 7) is 3.93. The molecular weight excluding hydrogens is 174 g/mol. The summed E-state index contributed by atoms with van der Waals surface area (Å²) in [5, 5.41) is 11.7. The summed E-state index contributed by atoms with van der Waals surface area (Å²) in [7, 11) is 0. The van der Waals surface area contributed by atoms with Crippen LogP contribution in [0.5, 0.6) is 5.75 Å². The van der Waals surface area contributed by atoms with Gasteiger partial charge in [-0.2, -0.15) is 0 Å². The Hall–Kier alpha value is -1.70. The third-order valence-corrected chi connectivity index (χ3v) is 2.51. The quantitative estimate of drug-likeness (QED) is 0.492. The second-order valence-corrected chi connectivity index (χ2v) is 3.68. The minimum Gasteiger partial charge on any atom is -0.505 e. The molecule has 0 radical (unpaired) electrons. The molecule has 0 spiro atoms. The molecule has 14 heavy (non-hydrogen) atoms. The Kier molecular flexibility index (Phi) is 1.84. The summed E-state index contributed by atoms with van der Waals surface area (Å²) in [6.07, 6.45) is 0. The Morgan fingerprint density at radius 1 is 1.14 bits per heavy atom. The van der Waals surface area contributed by atoms with E-state index in [0.717, 1.165) is 16.3 Å². The average molecular weight is 187 g/mol. The molecule has 0 aromatic heterocycles. The highest BCUT2D eigenvalue weighted by Crippen LogP contribution is 2.33. The van der Waals surface area contributed by atoms with Gasteiger partial charge in [0.2, 0.25) is 0 Å². The molecule has 2 heteroatoms. The van der Waals surface area contributed by atoms with Crippen LogP contribution in [-0.4, -0.2) is 5.11 Å². The molecule has 0 fully saturated rings. The van der Waals surface area contributed by atoms with Crippen LogP contribution in [0.1, 0.15) is 11.1 Å². The molecule has 2 rings (SSSR count). The summed E-state index contributed by atoms with van der Waals surface area (Å²) in [5.74, 6) is 0.194. The lowest BCUT2D eigenvalue weighted by Crippen LogP contribution is -1.91. The molecule has 2 aromatic carbocycles. The normalized spacial score (nSPS) is 10.7. The molecule has 0 unspecified atom stereocenters. The number of hydrogen-bond donors (Lipinski definition) is 2. The van der Waals surface area contributed by atoms with Gasteiger partial charge in [0.15, 0.2) is 0 Å². The van der Waals surface area contributed by atoms with Crippen molar-refractivity contribution in [3.05, 3.63) is 35.4 Å². The molecular formula is C12H13NO. The minimum absolute atomic E-state index is 0.194. The fourth-order valence-corrected chi connectivity index (χ4v) is 1.66. The van der Waals surface area contributed by atoms with Crippen LogP contribution in [0.3, 0.4) is 0 Å². The molecule has 2 nitrogen and oxygen atoms in total. The maximum atomic E-state index is 9.80. The highest BCUT2D eigenvalue weighted by Gasteiger charge is 2.06. The van der Waals surface area contributed by atoms with E-state index in [4.69, 9.17) is 5.73 Å². The van der Waals surface area contributed by atoms with Gasteiger partial charge in [-0.3, -0.25) is 0 Å². The molecule has 0 aliphatic carbocycles. The number of aryl methyl sites for hydroxylation is 2. The summed E-state index contributed by atoms with van der Waals surface area (Å²) >= 11 is 0. The highest BCUT2D eigenvalue weighted by atomic mass is 16.3. The zero-order valence-electron chi connectivity index (χ0n) is 8.33. The van der Waals surface area contributed by atoms with Gasteiger partial charge in [0.25, 0.3) is 0 Å². The highest BCUT2D eigenvalue weighted by molar-refractivity contribution is 5.94. The zero-order valence-corrected chi connectivity index (χ0v) is 8.33. The van der Waals surface area contributed by atoms with Crippen LogP contribution in [0.4, 0.5) is 5.69 Å². The Morgan fingerprint density at radius 2 is 1.86 bits per heavy atom. The fraction of sp³-hybridized carbons (Fsp3) is 0.167. The number of fused-ring (bicyclic) bond motifs is 1. The van der Waals surface area contributed by atoms with Crippen molar-refractivity contribution in [1.29, 1.82) is 0 Å². The number of nitrogens with two attached hydrogens (primary N) is 1. The fourth-order valence-electron chi connectivity index (χ4n) is 1.66. The minimum atomic E-state index is 0.194. The summed E-state index contributed by atoms with van der Waals surface area (Å²) in [6, 6.07) is 7.91. The molecule has 0 saturated carbocycles. The van der Waals surface area contributed by atoms with E-state index in [1.807, 2.05) is 38.1 Å². The van der Waals surface area contributed by atoms with E-state index in [9.17, 15) is 5.11 Å². The van der Waals surface area contributed by atoms with Crippen molar-refractivity contribution >= 4 is 16.5 Å². The Labute approximate surface area is 83.0 Å². The van der Waals surface area contributed by atoms with Crippen molar-refractivity contribution < 1.29 is 5.11 Å². The molecule has 2 aromatic rings. The van der Waals surface area contributed by atoms with Crippen molar-refractivity contribution in [2.24, 2.45) is 0 Å². The zero-order chi connectivity index (χ0) is 10.3. The molecule has 0 aliphatic heterocycles. The van der Waals surface area contributed by atoms with E-state index in [-0.39, 0.29) is 5.75 Å². The average Bonchev–Trinajstić information content (AvgIpc) is 2.14. The Morgan fingerprint density at radius 3 is 2.57 bits per heavy atom. The van der Waals surface area contributed by atoms with Gasteiger partial charge in [0.1, 0.15) is 5.75 Å². The van der Waals surface area contributed by atoms with Crippen LogP contribution in [0.2, 0.25) is 0 Å². The summed E-state index contributed by atoms with van der Waals surface area (Å²) in [5.41, 5.74) is 8.31. The van der Waals surface area contributed by atoms with E-state index in [1.54, 1.807) is 0 Å². The molecule has 0 saturated heterocycles. The standard InChI is InChI=1S/C12H13NO/c1-7-3-4-10-9(5-7)6-8(2)11(13)12(10)14/h3-6,14H,13H2,1-2H3. The Bertz CT molecular complexity index is 503. The number of phenols is 1. The Balaban J connectivity index is 2.91. The number of rotatable bonds is 0. The van der Waals surface area contributed by atoms with Gasteiger partial charge in [0.05, 0.1) is 5.69 Å². The van der Waals surface area contributed by atoms with Crippen molar-refractivity contribution in [1.82, 2.24) is 0 Å². The lowest BCUT2D eigenvalue weighted by Gasteiger charge is -2.08. The number of benzene rings is 2. The molecule has 72 valence electrons. The van der Waals surface area contributed by atoms with Crippen molar-refractivity contribution in [2.75, 3.05) is 5.73 Å². The predicted molar refractivity (Wildman–Crippen MR) is 59.5 cm³/mol. The first-order valence-electron chi connectivity index (χ1n) is 4.58. The van der Waals surface area contributed by atoms with Crippen molar-refractivity contribution in [2.45, 2.75) is 13.8 Å². The van der Waals surface area contributed by atoms with Gasteiger partial charge in [-0.25, -0.2) is 0 Å². The molecule has 3 N–H and O–H groups in total. The lowest BCUT2D eigenvalue weighted by atomic mass is 10.0. The van der Waals surface area contributed by atoms with Gasteiger partial charge in [0, 0.05) is 5.39 Å². The van der Waals surface area contributed by atoms with Gasteiger partial charge < -0.3 is 10.8 Å². The van der Waals surface area contributed by atoms with Crippen LogP contribution >= 0.6 is 0 Å². The molecule has 0 heterocycles. The third kappa shape index (κ3) is 1.20. The van der Waals surface area contributed by atoms with Crippen LogP contribution in [-0.2, 0) is 0 Å². The van der Waals surface area contributed by atoms with Crippen LogP contribution in [0.15, 0.2) is 24.3 Å². The van der Waals surface area contributed by atoms with Gasteiger partial charge >= 0.3 is 0 Å². The van der Waals surface area contributed by atoms with E-state index < -0.39 is 0 Å². The van der Waals surface area contributed by atoms with Crippen LogP contribution in [0, 0.1) is 13.8 Å². The number of aromatic hydroxyl groups is 1. The third-order valence-electron chi connectivity index (χ3n) is 2.51. The molecule has 0 amide bonds. The first-order chi connectivity index (χ1) is 6.59. The number of anilines is 1. The van der Waals surface area contributed by atoms with Gasteiger partial charge in [-0.1, -0.05) is 23.8 Å². The largest absolute Gasteiger partial charge is 0.505 e. The summed E-state index contributed by atoms with van der Waals surface area (Å²) < 4.78 is 0. The van der Waals surface area contributed by atoms with Crippen molar-refractivity contribution in [3.8, 4) is 5.75 Å².